The molecule has 9 heteroatoms. The zero-order valence-electron chi connectivity index (χ0n) is 15.9. The zero-order chi connectivity index (χ0) is 19.9. The number of nitrogens with zero attached hydrogens (tertiary/aromatic N) is 3. The van der Waals surface area contributed by atoms with Gasteiger partial charge < -0.3 is 29.6 Å². The van der Waals surface area contributed by atoms with Crippen molar-refractivity contribution in [1.82, 2.24) is 15.2 Å². The van der Waals surface area contributed by atoms with Gasteiger partial charge >= 0.3 is 0 Å². The Morgan fingerprint density at radius 2 is 1.79 bits per heavy atom. The minimum Gasteiger partial charge on any atom is -0.497 e. The van der Waals surface area contributed by atoms with Crippen LogP contribution in [0.3, 0.4) is 0 Å². The molecule has 0 unspecified atom stereocenters. The molecular formula is C20H21N5O4. The average molecular weight is 395 g/mol. The highest BCUT2D eigenvalue weighted by Gasteiger charge is 2.12. The van der Waals surface area contributed by atoms with E-state index in [0.717, 1.165) is 22.9 Å². The minimum absolute atomic E-state index is 0.378. The largest absolute Gasteiger partial charge is 0.497 e. The first-order chi connectivity index (χ1) is 14.3. The third-order valence-electron chi connectivity index (χ3n) is 4.09. The Bertz CT molecular complexity index is 952. The molecule has 9 nitrogen and oxygen atoms in total. The lowest BCUT2D eigenvalue weighted by Crippen LogP contribution is -2.15. The monoisotopic (exact) mass is 395 g/mol. The number of methoxy groups -OCH3 is 1. The summed E-state index contributed by atoms with van der Waals surface area (Å²) in [5.41, 5.74) is 0.788. The molecule has 150 valence electrons. The maximum absolute atomic E-state index is 5.68. The van der Waals surface area contributed by atoms with E-state index >= 15 is 0 Å². The number of nitrogens with one attached hydrogen (secondary N) is 2. The van der Waals surface area contributed by atoms with Gasteiger partial charge in [0.1, 0.15) is 31.3 Å². The lowest BCUT2D eigenvalue weighted by Gasteiger charge is -2.19. The zero-order valence-corrected chi connectivity index (χ0v) is 15.9. The molecule has 2 N–H and O–H groups in total. The van der Waals surface area contributed by atoms with Crippen molar-refractivity contribution in [2.75, 3.05) is 44.1 Å². The summed E-state index contributed by atoms with van der Waals surface area (Å²) in [5, 5.41) is 14.3. The molecule has 2 heterocycles. The maximum atomic E-state index is 5.68. The number of fused-ring (bicyclic) bond motifs is 1. The summed E-state index contributed by atoms with van der Waals surface area (Å²) in [6, 6.07) is 13.0. The van der Waals surface area contributed by atoms with Gasteiger partial charge in [-0.05, 0) is 36.4 Å². The van der Waals surface area contributed by atoms with Crippen molar-refractivity contribution >= 4 is 17.5 Å². The maximum Gasteiger partial charge on any atom is 0.249 e. The molecule has 0 atom stereocenters. The summed E-state index contributed by atoms with van der Waals surface area (Å²) in [6.45, 7) is 2.13. The molecule has 1 aromatic heterocycles. The molecule has 1 aliphatic rings. The minimum atomic E-state index is 0.378. The highest BCUT2D eigenvalue weighted by molar-refractivity contribution is 5.60. The van der Waals surface area contributed by atoms with Gasteiger partial charge in [-0.2, -0.15) is 10.1 Å². The van der Waals surface area contributed by atoms with Crippen molar-refractivity contribution in [3.8, 4) is 23.0 Å². The predicted molar refractivity (Wildman–Crippen MR) is 108 cm³/mol. The van der Waals surface area contributed by atoms with E-state index in [1.165, 1.54) is 0 Å². The van der Waals surface area contributed by atoms with Gasteiger partial charge in [0.2, 0.25) is 5.95 Å². The van der Waals surface area contributed by atoms with Crippen LogP contribution < -0.4 is 29.6 Å². The van der Waals surface area contributed by atoms with Crippen LogP contribution in [0.2, 0.25) is 0 Å². The van der Waals surface area contributed by atoms with Crippen LogP contribution in [0.1, 0.15) is 0 Å². The molecule has 2 aromatic carbocycles. The summed E-state index contributed by atoms with van der Waals surface area (Å²) in [6.07, 6.45) is 1.56. The standard InChI is InChI=1S/C20H21N5O4/c1-26-15-3-5-16(6-4-15)27-9-8-21-19-13-22-25-20(24-19)23-14-2-7-17-18(12-14)29-11-10-28-17/h2-7,12-13H,8-11H2,1H3,(H2,21,23,24,25). The van der Waals surface area contributed by atoms with E-state index in [9.17, 15) is 0 Å². The molecule has 0 bridgehead atoms. The van der Waals surface area contributed by atoms with Crippen LogP contribution in [0.4, 0.5) is 17.5 Å². The molecule has 0 saturated carbocycles. The SMILES string of the molecule is COc1ccc(OCCNc2cnnc(Nc3ccc4c(c3)OCCO4)n2)cc1. The van der Waals surface area contributed by atoms with Gasteiger partial charge in [-0.3, -0.25) is 0 Å². The number of rotatable bonds is 8. The molecule has 0 spiro atoms. The van der Waals surface area contributed by atoms with E-state index < -0.39 is 0 Å². The highest BCUT2D eigenvalue weighted by Crippen LogP contribution is 2.33. The summed E-state index contributed by atoms with van der Waals surface area (Å²) in [7, 11) is 1.63. The molecule has 0 fully saturated rings. The summed E-state index contributed by atoms with van der Waals surface area (Å²) < 4.78 is 21.9. The lowest BCUT2D eigenvalue weighted by molar-refractivity contribution is 0.171. The Labute approximate surface area is 168 Å². The van der Waals surface area contributed by atoms with Crippen LogP contribution in [-0.4, -0.2) is 48.7 Å². The Hall–Kier alpha value is -3.75. The fourth-order valence-corrected chi connectivity index (χ4v) is 2.71. The van der Waals surface area contributed by atoms with Crippen LogP contribution in [0.25, 0.3) is 0 Å². The average Bonchev–Trinajstić information content (AvgIpc) is 2.77. The smallest absolute Gasteiger partial charge is 0.249 e. The van der Waals surface area contributed by atoms with Gasteiger partial charge in [0.15, 0.2) is 17.3 Å². The third kappa shape index (κ3) is 4.95. The normalized spacial score (nSPS) is 12.2. The fourth-order valence-electron chi connectivity index (χ4n) is 2.71. The van der Waals surface area contributed by atoms with Crippen LogP contribution in [-0.2, 0) is 0 Å². The Morgan fingerprint density at radius 1 is 1.00 bits per heavy atom. The van der Waals surface area contributed by atoms with Gasteiger partial charge in [-0.1, -0.05) is 0 Å². The van der Waals surface area contributed by atoms with Crippen molar-refractivity contribution in [2.24, 2.45) is 0 Å². The van der Waals surface area contributed by atoms with Crippen LogP contribution in [0, 0.1) is 0 Å². The second kappa shape index (κ2) is 8.96. The van der Waals surface area contributed by atoms with E-state index in [-0.39, 0.29) is 0 Å². The van der Waals surface area contributed by atoms with Gasteiger partial charge in [0, 0.05) is 11.8 Å². The molecule has 0 saturated heterocycles. The van der Waals surface area contributed by atoms with Crippen LogP contribution >= 0.6 is 0 Å². The molecule has 3 aromatic rings. The summed E-state index contributed by atoms with van der Waals surface area (Å²) in [5.74, 6) is 3.96. The Balaban J connectivity index is 1.29. The third-order valence-corrected chi connectivity index (χ3v) is 4.09. The van der Waals surface area contributed by atoms with Crippen LogP contribution in [0.5, 0.6) is 23.0 Å². The van der Waals surface area contributed by atoms with Gasteiger partial charge in [0.25, 0.3) is 0 Å². The lowest BCUT2D eigenvalue weighted by atomic mass is 10.2. The molecule has 0 radical (unpaired) electrons. The predicted octanol–water partition coefficient (Wildman–Crippen LogP) is 2.89. The number of aromatic nitrogens is 3. The summed E-state index contributed by atoms with van der Waals surface area (Å²) >= 11 is 0. The second-order valence-electron chi connectivity index (χ2n) is 6.10. The first kappa shape index (κ1) is 18.6. The quantitative estimate of drug-likeness (QED) is 0.558. The number of hydrogen-bond donors (Lipinski definition) is 2. The second-order valence-corrected chi connectivity index (χ2v) is 6.10. The number of hydrogen-bond acceptors (Lipinski definition) is 9. The van der Waals surface area contributed by atoms with E-state index in [1.807, 2.05) is 42.5 Å². The van der Waals surface area contributed by atoms with Crippen molar-refractivity contribution in [3.63, 3.8) is 0 Å². The van der Waals surface area contributed by atoms with Gasteiger partial charge in [-0.25, -0.2) is 0 Å². The first-order valence-corrected chi connectivity index (χ1v) is 9.17. The van der Waals surface area contributed by atoms with Gasteiger partial charge in [0.05, 0.1) is 19.9 Å². The van der Waals surface area contributed by atoms with E-state index in [4.69, 9.17) is 18.9 Å². The van der Waals surface area contributed by atoms with Crippen LogP contribution in [0.15, 0.2) is 48.7 Å². The van der Waals surface area contributed by atoms with Crippen molar-refractivity contribution in [2.45, 2.75) is 0 Å². The molecule has 29 heavy (non-hydrogen) atoms. The highest BCUT2D eigenvalue weighted by atomic mass is 16.6. The van der Waals surface area contributed by atoms with E-state index in [0.29, 0.717) is 43.9 Å². The van der Waals surface area contributed by atoms with Crippen molar-refractivity contribution in [1.29, 1.82) is 0 Å². The molecule has 0 amide bonds. The number of anilines is 3. The fraction of sp³-hybridized carbons (Fsp3) is 0.250. The first-order valence-electron chi connectivity index (χ1n) is 9.17. The molecule has 1 aliphatic heterocycles. The topological polar surface area (TPSA) is 99.7 Å². The van der Waals surface area contributed by atoms with Crippen molar-refractivity contribution in [3.05, 3.63) is 48.7 Å². The number of benzene rings is 2. The Morgan fingerprint density at radius 3 is 2.62 bits per heavy atom. The molecule has 4 rings (SSSR count). The molecule has 0 aliphatic carbocycles. The number of ether oxygens (including phenoxy) is 4. The van der Waals surface area contributed by atoms with Crippen molar-refractivity contribution < 1.29 is 18.9 Å². The van der Waals surface area contributed by atoms with E-state index in [1.54, 1.807) is 13.3 Å². The van der Waals surface area contributed by atoms with E-state index in [2.05, 4.69) is 25.8 Å². The summed E-state index contributed by atoms with van der Waals surface area (Å²) in [4.78, 5) is 4.41. The van der Waals surface area contributed by atoms with Gasteiger partial charge in [-0.15, -0.1) is 5.10 Å². The molecular weight excluding hydrogens is 374 g/mol. The Kier molecular flexibility index (Phi) is 5.75.